The van der Waals surface area contributed by atoms with E-state index < -0.39 is 11.5 Å². The Morgan fingerprint density at radius 3 is 2.45 bits per heavy atom. The first kappa shape index (κ1) is 22.8. The highest BCUT2D eigenvalue weighted by Gasteiger charge is 2.59. The Balaban J connectivity index is 1.77. The van der Waals surface area contributed by atoms with E-state index in [0.29, 0.717) is 17.9 Å². The fourth-order valence-corrected chi connectivity index (χ4v) is 4.47. The second-order valence-corrected chi connectivity index (χ2v) is 8.19. The number of ketones is 1. The second-order valence-electron chi connectivity index (χ2n) is 7.81. The summed E-state index contributed by atoms with van der Waals surface area (Å²) in [5.41, 5.74) is -0.0427. The molecule has 1 aliphatic heterocycles. The molecule has 8 nitrogen and oxygen atoms in total. The summed E-state index contributed by atoms with van der Waals surface area (Å²) in [5.74, 6) is 0.960. The summed E-state index contributed by atoms with van der Waals surface area (Å²) in [5, 5.41) is 12.9. The van der Waals surface area contributed by atoms with Crippen LogP contribution in [-0.4, -0.2) is 43.6 Å². The van der Waals surface area contributed by atoms with Crippen LogP contribution in [-0.2, 0) is 11.3 Å². The number of carbonyl (C=O) groups excluding carboxylic acids is 1. The first-order chi connectivity index (χ1) is 15.9. The number of carbonyl (C=O) groups is 1. The SMILES string of the molecule is COc1ccc(COC2=C/C(=N/O)C[C@@H](C)[C@]23Oc2c(Cl)c(OC)cc(OC)c2C3=O)cc1. The van der Waals surface area contributed by atoms with Gasteiger partial charge in [0.2, 0.25) is 11.4 Å². The van der Waals surface area contributed by atoms with Crippen molar-refractivity contribution in [2.75, 3.05) is 21.3 Å². The fraction of sp³-hybridized carbons (Fsp3) is 0.333. The highest BCUT2D eigenvalue weighted by atomic mass is 35.5. The number of rotatable bonds is 6. The number of benzene rings is 2. The lowest BCUT2D eigenvalue weighted by atomic mass is 9.75. The number of fused-ring (bicyclic) bond motifs is 1. The third-order valence-electron chi connectivity index (χ3n) is 5.97. The van der Waals surface area contributed by atoms with Crippen molar-refractivity contribution < 1.29 is 33.7 Å². The van der Waals surface area contributed by atoms with Crippen molar-refractivity contribution in [2.45, 2.75) is 25.6 Å². The van der Waals surface area contributed by atoms with Gasteiger partial charge in [0.1, 0.15) is 34.4 Å². The molecule has 2 atom stereocenters. The minimum absolute atomic E-state index is 0.157. The van der Waals surface area contributed by atoms with Crippen molar-refractivity contribution in [2.24, 2.45) is 11.1 Å². The molecular weight excluding hydrogens is 450 g/mol. The van der Waals surface area contributed by atoms with E-state index in [1.165, 1.54) is 20.3 Å². The number of hydrogen-bond acceptors (Lipinski definition) is 8. The van der Waals surface area contributed by atoms with Gasteiger partial charge in [0.05, 0.1) is 27.0 Å². The third kappa shape index (κ3) is 3.64. The van der Waals surface area contributed by atoms with Crippen molar-refractivity contribution in [3.05, 3.63) is 58.3 Å². The van der Waals surface area contributed by atoms with Gasteiger partial charge in [-0.25, -0.2) is 0 Å². The molecule has 0 unspecified atom stereocenters. The average Bonchev–Trinajstić information content (AvgIpc) is 3.15. The lowest BCUT2D eigenvalue weighted by molar-refractivity contribution is 0.00866. The normalized spacial score (nSPS) is 22.6. The minimum Gasteiger partial charge on any atom is -0.497 e. The van der Waals surface area contributed by atoms with Crippen molar-refractivity contribution in [1.82, 2.24) is 0 Å². The average molecular weight is 474 g/mol. The minimum atomic E-state index is -1.49. The number of methoxy groups -OCH3 is 3. The van der Waals surface area contributed by atoms with E-state index in [4.69, 9.17) is 35.3 Å². The van der Waals surface area contributed by atoms with E-state index in [1.54, 1.807) is 13.2 Å². The number of halogens is 1. The highest BCUT2D eigenvalue weighted by molar-refractivity contribution is 6.35. The maximum Gasteiger partial charge on any atom is 0.231 e. The van der Waals surface area contributed by atoms with Crippen LogP contribution in [0.1, 0.15) is 29.3 Å². The molecule has 174 valence electrons. The molecule has 0 radical (unpaired) electrons. The van der Waals surface area contributed by atoms with Gasteiger partial charge in [0.25, 0.3) is 0 Å². The van der Waals surface area contributed by atoms with Crippen LogP contribution < -0.4 is 18.9 Å². The Labute approximate surface area is 196 Å². The molecule has 0 aromatic heterocycles. The van der Waals surface area contributed by atoms with Gasteiger partial charge in [-0.05, 0) is 17.7 Å². The van der Waals surface area contributed by atoms with Crippen LogP contribution in [0.3, 0.4) is 0 Å². The highest BCUT2D eigenvalue weighted by Crippen LogP contribution is 2.54. The molecule has 2 aromatic rings. The van der Waals surface area contributed by atoms with E-state index in [9.17, 15) is 10.0 Å². The first-order valence-electron chi connectivity index (χ1n) is 10.3. The first-order valence-corrected chi connectivity index (χ1v) is 10.6. The quantitative estimate of drug-likeness (QED) is 0.482. The van der Waals surface area contributed by atoms with E-state index in [-0.39, 0.29) is 40.2 Å². The molecule has 0 saturated heterocycles. The molecule has 1 spiro atoms. The standard InChI is InChI=1S/C24H24ClNO7/c1-13-9-15(26-28)10-19(32-12-14-5-7-16(29-2)8-6-14)24(13)23(27)20-17(30-3)11-18(31-4)21(25)22(20)33-24/h5-8,10-11,13,28H,9,12H2,1-4H3/b26-15+/t13-,24+/m1/s1. The molecule has 1 N–H and O–H groups in total. The summed E-state index contributed by atoms with van der Waals surface area (Å²) in [6, 6.07) is 8.90. The van der Waals surface area contributed by atoms with E-state index in [1.807, 2.05) is 31.2 Å². The second kappa shape index (κ2) is 8.86. The molecule has 9 heteroatoms. The zero-order valence-corrected chi connectivity index (χ0v) is 19.4. The lowest BCUT2D eigenvalue weighted by Crippen LogP contribution is -2.51. The summed E-state index contributed by atoms with van der Waals surface area (Å²) in [6.45, 7) is 1.99. The molecule has 0 amide bonds. The Morgan fingerprint density at radius 2 is 1.85 bits per heavy atom. The zero-order chi connectivity index (χ0) is 23.8. The van der Waals surface area contributed by atoms with Gasteiger partial charge < -0.3 is 28.9 Å². The molecule has 33 heavy (non-hydrogen) atoms. The monoisotopic (exact) mass is 473 g/mol. The Kier molecular flexibility index (Phi) is 6.12. The number of hydrogen-bond donors (Lipinski definition) is 1. The Bertz CT molecular complexity index is 1140. The van der Waals surface area contributed by atoms with Gasteiger partial charge in [-0.2, -0.15) is 0 Å². The summed E-state index contributed by atoms with van der Waals surface area (Å²) in [6.07, 6.45) is 1.83. The summed E-state index contributed by atoms with van der Waals surface area (Å²) < 4.78 is 28.4. The Morgan fingerprint density at radius 1 is 1.15 bits per heavy atom. The van der Waals surface area contributed by atoms with Crippen molar-refractivity contribution in [3.63, 3.8) is 0 Å². The molecule has 0 bridgehead atoms. The predicted octanol–water partition coefficient (Wildman–Crippen LogP) is 4.65. The summed E-state index contributed by atoms with van der Waals surface area (Å²) >= 11 is 6.51. The Hall–Kier alpha value is -3.39. The maximum atomic E-state index is 13.9. The van der Waals surface area contributed by atoms with Crippen molar-refractivity contribution in [3.8, 4) is 23.0 Å². The number of allylic oxidation sites excluding steroid dienone is 1. The number of ether oxygens (including phenoxy) is 5. The van der Waals surface area contributed by atoms with Crippen LogP contribution in [0.15, 0.2) is 47.3 Å². The molecule has 4 rings (SSSR count). The third-order valence-corrected chi connectivity index (χ3v) is 6.33. The zero-order valence-electron chi connectivity index (χ0n) is 18.7. The number of nitrogens with zero attached hydrogens (tertiary/aromatic N) is 1. The number of oxime groups is 1. The fourth-order valence-electron chi connectivity index (χ4n) is 4.21. The van der Waals surface area contributed by atoms with Gasteiger partial charge in [0, 0.05) is 24.5 Å². The molecule has 0 fully saturated rings. The van der Waals surface area contributed by atoms with Crippen LogP contribution >= 0.6 is 11.6 Å². The van der Waals surface area contributed by atoms with Crippen LogP contribution in [0.25, 0.3) is 0 Å². The van der Waals surface area contributed by atoms with Crippen molar-refractivity contribution in [1.29, 1.82) is 0 Å². The molecular formula is C24H24ClNO7. The summed E-state index contributed by atoms with van der Waals surface area (Å²) in [7, 11) is 4.52. The van der Waals surface area contributed by atoms with E-state index in [2.05, 4.69) is 5.16 Å². The molecule has 2 aromatic carbocycles. The van der Waals surface area contributed by atoms with Crippen LogP contribution in [0.4, 0.5) is 0 Å². The molecule has 1 heterocycles. The predicted molar refractivity (Wildman–Crippen MR) is 121 cm³/mol. The lowest BCUT2D eigenvalue weighted by Gasteiger charge is -2.37. The topological polar surface area (TPSA) is 95.8 Å². The van der Waals surface area contributed by atoms with E-state index in [0.717, 1.165) is 11.3 Å². The van der Waals surface area contributed by atoms with Crippen molar-refractivity contribution >= 4 is 23.1 Å². The molecule has 0 saturated carbocycles. The van der Waals surface area contributed by atoms with Gasteiger partial charge in [-0.3, -0.25) is 4.79 Å². The van der Waals surface area contributed by atoms with Gasteiger partial charge >= 0.3 is 0 Å². The van der Waals surface area contributed by atoms with Crippen LogP contribution in [0.2, 0.25) is 5.02 Å². The smallest absolute Gasteiger partial charge is 0.231 e. The van der Waals surface area contributed by atoms with Gasteiger partial charge in [0.15, 0.2) is 11.5 Å². The van der Waals surface area contributed by atoms with E-state index >= 15 is 0 Å². The molecule has 1 aliphatic carbocycles. The largest absolute Gasteiger partial charge is 0.497 e. The number of Topliss-reactive ketones (excluding diaryl/α,β-unsaturated/α-hetero) is 1. The summed E-state index contributed by atoms with van der Waals surface area (Å²) in [4.78, 5) is 13.9. The maximum absolute atomic E-state index is 13.9. The molecule has 2 aliphatic rings. The van der Waals surface area contributed by atoms with Gasteiger partial charge in [-0.1, -0.05) is 35.8 Å². The van der Waals surface area contributed by atoms with Crippen LogP contribution in [0, 0.1) is 5.92 Å². The van der Waals surface area contributed by atoms with Crippen LogP contribution in [0.5, 0.6) is 23.0 Å². The van der Waals surface area contributed by atoms with Gasteiger partial charge in [-0.15, -0.1) is 0 Å².